The lowest BCUT2D eigenvalue weighted by molar-refractivity contribution is -0.140. The molecule has 0 aliphatic rings. The van der Waals surface area contributed by atoms with Crippen molar-refractivity contribution in [2.45, 2.75) is 27.2 Å². The molecule has 0 saturated carbocycles. The van der Waals surface area contributed by atoms with E-state index >= 15 is 0 Å². The number of nitrogens with two attached hydrogens (primary N) is 1. The standard InChI is InChI=1S/C10H15N.C2H3O2/c1-8(2)6-9-4-3-5-10(11)7-9;1-2(3)4/h3-5,7-8H,6,11H2,1-2H3;1H3. The Labute approximate surface area is 90.9 Å². The van der Waals surface area contributed by atoms with Crippen LogP contribution in [0.5, 0.6) is 0 Å². The minimum absolute atomic E-state index is 0.705. The van der Waals surface area contributed by atoms with E-state index in [0.29, 0.717) is 5.92 Å². The van der Waals surface area contributed by atoms with Crippen molar-refractivity contribution >= 4 is 11.7 Å². The second kappa shape index (κ2) is 6.87. The molecule has 0 amide bonds. The zero-order valence-electron chi connectivity index (χ0n) is 9.49. The summed E-state index contributed by atoms with van der Waals surface area (Å²) >= 11 is 0. The van der Waals surface area contributed by atoms with Gasteiger partial charge in [-0.2, -0.15) is 0 Å². The van der Waals surface area contributed by atoms with Gasteiger partial charge >= 0.3 is 5.97 Å². The lowest BCUT2D eigenvalue weighted by atomic mass is 10.0. The van der Waals surface area contributed by atoms with E-state index in [-0.39, 0.29) is 0 Å². The van der Waals surface area contributed by atoms with E-state index in [9.17, 15) is 0 Å². The van der Waals surface area contributed by atoms with Crippen molar-refractivity contribution in [2.75, 3.05) is 5.73 Å². The number of carbonyl (C=O) groups excluding carboxylic acids is 1. The number of hydrogen-bond acceptors (Lipinski definition) is 2. The number of rotatable bonds is 2. The summed E-state index contributed by atoms with van der Waals surface area (Å²) < 4.78 is 0. The maximum atomic E-state index is 8.89. The first kappa shape index (κ1) is 13.5. The summed E-state index contributed by atoms with van der Waals surface area (Å²) in [5, 5.41) is 8.89. The quantitative estimate of drug-likeness (QED) is 0.759. The first-order valence-corrected chi connectivity index (χ1v) is 4.93. The summed E-state index contributed by atoms with van der Waals surface area (Å²) in [4.78, 5) is 8.89. The van der Waals surface area contributed by atoms with Gasteiger partial charge in [-0.05, 0) is 30.0 Å². The van der Waals surface area contributed by atoms with E-state index in [0.717, 1.165) is 19.0 Å². The number of hydrogen-bond donors (Lipinski definition) is 1. The first-order valence-electron chi connectivity index (χ1n) is 4.93. The lowest BCUT2D eigenvalue weighted by Crippen LogP contribution is -1.94. The predicted octanol–water partition coefficient (Wildman–Crippen LogP) is 2.43. The van der Waals surface area contributed by atoms with E-state index in [2.05, 4.69) is 19.9 Å². The van der Waals surface area contributed by atoms with Crippen LogP contribution in [0.1, 0.15) is 26.3 Å². The number of anilines is 1. The molecule has 2 N–H and O–H groups in total. The summed E-state index contributed by atoms with van der Waals surface area (Å²) in [5.41, 5.74) is 7.83. The van der Waals surface area contributed by atoms with Crippen molar-refractivity contribution in [3.05, 3.63) is 29.8 Å². The Morgan fingerprint density at radius 3 is 2.33 bits per heavy atom. The van der Waals surface area contributed by atoms with Gasteiger partial charge in [-0.1, -0.05) is 26.0 Å². The van der Waals surface area contributed by atoms with Crippen LogP contribution in [0.3, 0.4) is 0 Å². The number of carbonyl (C=O) groups is 1. The molecule has 0 unspecified atom stereocenters. The van der Waals surface area contributed by atoms with Crippen molar-refractivity contribution in [1.82, 2.24) is 0 Å². The van der Waals surface area contributed by atoms with Crippen LogP contribution in [0.2, 0.25) is 0 Å². The highest BCUT2D eigenvalue weighted by molar-refractivity contribution is 5.62. The molecule has 1 aromatic rings. The average Bonchev–Trinajstić information content (AvgIpc) is 2.00. The zero-order valence-corrected chi connectivity index (χ0v) is 9.49. The maximum Gasteiger partial charge on any atom is 0.352 e. The Morgan fingerprint density at radius 1 is 1.40 bits per heavy atom. The van der Waals surface area contributed by atoms with Crippen LogP contribution in [-0.2, 0) is 16.3 Å². The summed E-state index contributed by atoms with van der Waals surface area (Å²) in [6, 6.07) is 8.09. The highest BCUT2D eigenvalue weighted by Crippen LogP contribution is 2.10. The molecule has 0 heterocycles. The van der Waals surface area contributed by atoms with Crippen LogP contribution in [0.4, 0.5) is 5.69 Å². The summed E-state index contributed by atoms with van der Waals surface area (Å²) in [5.74, 6) is -0.378. The summed E-state index contributed by atoms with van der Waals surface area (Å²) in [6.45, 7) is 5.40. The van der Waals surface area contributed by atoms with Gasteiger partial charge in [0.2, 0.25) is 0 Å². The molecular formula is C12H18NO2. The van der Waals surface area contributed by atoms with Crippen molar-refractivity contribution < 1.29 is 9.90 Å². The fourth-order valence-electron chi connectivity index (χ4n) is 1.19. The Balaban J connectivity index is 0.000000423. The molecule has 0 saturated heterocycles. The molecule has 1 aromatic carbocycles. The molecule has 15 heavy (non-hydrogen) atoms. The van der Waals surface area contributed by atoms with Gasteiger partial charge in [-0.15, -0.1) is 0 Å². The molecule has 0 atom stereocenters. The fraction of sp³-hybridized carbons (Fsp3) is 0.417. The van der Waals surface area contributed by atoms with Gasteiger partial charge in [0.25, 0.3) is 0 Å². The van der Waals surface area contributed by atoms with Gasteiger partial charge in [-0.3, -0.25) is 0 Å². The second-order valence-corrected chi connectivity index (χ2v) is 3.83. The normalized spacial score (nSPS) is 9.33. The Morgan fingerprint density at radius 2 is 1.93 bits per heavy atom. The molecule has 0 fully saturated rings. The molecule has 3 nitrogen and oxygen atoms in total. The lowest BCUT2D eigenvalue weighted by Gasteiger charge is -2.04. The van der Waals surface area contributed by atoms with E-state index in [1.54, 1.807) is 0 Å². The third-order valence-corrected chi connectivity index (χ3v) is 1.59. The van der Waals surface area contributed by atoms with E-state index in [1.165, 1.54) is 5.56 Å². The molecule has 0 spiro atoms. The Bertz CT molecular complexity index is 304. The van der Waals surface area contributed by atoms with Gasteiger partial charge in [0.1, 0.15) is 0 Å². The van der Waals surface area contributed by atoms with Crippen LogP contribution in [-0.4, -0.2) is 5.97 Å². The number of benzene rings is 1. The van der Waals surface area contributed by atoms with Crippen LogP contribution < -0.4 is 5.73 Å². The fourth-order valence-corrected chi connectivity index (χ4v) is 1.19. The van der Waals surface area contributed by atoms with Crippen LogP contribution in [0, 0.1) is 5.92 Å². The summed E-state index contributed by atoms with van der Waals surface area (Å²) in [7, 11) is 0. The third kappa shape index (κ3) is 8.81. The third-order valence-electron chi connectivity index (χ3n) is 1.59. The van der Waals surface area contributed by atoms with E-state index in [1.807, 2.05) is 18.2 Å². The number of nitrogen functional groups attached to an aromatic ring is 1. The van der Waals surface area contributed by atoms with Crippen LogP contribution >= 0.6 is 0 Å². The van der Waals surface area contributed by atoms with Gasteiger partial charge < -0.3 is 5.73 Å². The molecule has 3 heteroatoms. The largest absolute Gasteiger partial charge is 0.399 e. The minimum atomic E-state index is -1.08. The Kier molecular flexibility index (Phi) is 6.18. The molecular weight excluding hydrogens is 190 g/mol. The topological polar surface area (TPSA) is 63.0 Å². The monoisotopic (exact) mass is 208 g/mol. The molecule has 83 valence electrons. The van der Waals surface area contributed by atoms with Gasteiger partial charge in [0.05, 0.1) is 0 Å². The molecule has 1 radical (unpaired) electrons. The highest BCUT2D eigenvalue weighted by atomic mass is 16.4. The summed E-state index contributed by atoms with van der Waals surface area (Å²) in [6.07, 6.45) is 1.12. The Hall–Kier alpha value is -1.51. The predicted molar refractivity (Wildman–Crippen MR) is 60.8 cm³/mol. The van der Waals surface area contributed by atoms with Crippen molar-refractivity contribution in [2.24, 2.45) is 5.92 Å². The van der Waals surface area contributed by atoms with Gasteiger partial charge in [-0.25, -0.2) is 9.90 Å². The van der Waals surface area contributed by atoms with Crippen molar-refractivity contribution in [1.29, 1.82) is 0 Å². The molecule has 0 aliphatic heterocycles. The van der Waals surface area contributed by atoms with Crippen molar-refractivity contribution in [3.63, 3.8) is 0 Å². The molecule has 1 rings (SSSR count). The molecule has 0 aromatic heterocycles. The van der Waals surface area contributed by atoms with Gasteiger partial charge in [0.15, 0.2) is 0 Å². The molecule has 0 aliphatic carbocycles. The van der Waals surface area contributed by atoms with E-state index < -0.39 is 5.97 Å². The molecule has 0 bridgehead atoms. The minimum Gasteiger partial charge on any atom is -0.399 e. The zero-order chi connectivity index (χ0) is 11.8. The van der Waals surface area contributed by atoms with Crippen molar-refractivity contribution in [3.8, 4) is 0 Å². The van der Waals surface area contributed by atoms with Crippen LogP contribution in [0.25, 0.3) is 0 Å². The van der Waals surface area contributed by atoms with Crippen LogP contribution in [0.15, 0.2) is 24.3 Å². The first-order chi connectivity index (χ1) is 6.91. The SMILES string of the molecule is CC(C)Cc1cccc(N)c1.CC([O])=O. The smallest absolute Gasteiger partial charge is 0.352 e. The highest BCUT2D eigenvalue weighted by Gasteiger charge is 1.96. The van der Waals surface area contributed by atoms with E-state index in [4.69, 9.17) is 15.6 Å². The second-order valence-electron chi connectivity index (χ2n) is 3.83. The average molecular weight is 208 g/mol. The van der Waals surface area contributed by atoms with Gasteiger partial charge in [0, 0.05) is 12.6 Å². The maximum absolute atomic E-state index is 8.89.